The molecule has 0 heterocycles. The van der Waals surface area contributed by atoms with Gasteiger partial charge in [-0.15, -0.1) is 13.2 Å². The Labute approximate surface area is 303 Å². The molecule has 0 N–H and O–H groups in total. The van der Waals surface area contributed by atoms with Gasteiger partial charge in [0.05, 0.1) is 5.69 Å². The zero-order chi connectivity index (χ0) is 40.3. The summed E-state index contributed by atoms with van der Waals surface area (Å²) >= 11 is 0. The number of rotatable bonds is 10. The number of hydrogen-bond acceptors (Lipinski definition) is 1. The first-order valence-electron chi connectivity index (χ1n) is 15.2. The second-order valence-electron chi connectivity index (χ2n) is 12.5. The molecule has 0 aliphatic rings. The molecule has 0 aromatic heterocycles. The van der Waals surface area contributed by atoms with Crippen LogP contribution in [-0.4, -0.2) is 47.7 Å². The van der Waals surface area contributed by atoms with Gasteiger partial charge in [-0.2, -0.15) is 61.5 Å². The van der Waals surface area contributed by atoms with Gasteiger partial charge in [0, 0.05) is 0 Å². The normalized spacial score (nSPS) is 14.1. The van der Waals surface area contributed by atoms with E-state index in [1.807, 2.05) is 0 Å². The van der Waals surface area contributed by atoms with Crippen LogP contribution in [0.5, 0.6) is 0 Å². The van der Waals surface area contributed by atoms with E-state index in [9.17, 15) is 43.9 Å². The first-order chi connectivity index (χ1) is 22.9. The van der Waals surface area contributed by atoms with Crippen molar-refractivity contribution in [2.24, 2.45) is 9.98 Å². The third-order valence-electron chi connectivity index (χ3n) is 7.39. The fourth-order valence-electron chi connectivity index (χ4n) is 4.56. The molecule has 2 aromatic carbocycles. The molecule has 3 nitrogen and oxygen atoms in total. The van der Waals surface area contributed by atoms with Crippen molar-refractivity contribution < 1.29 is 78.5 Å². The van der Waals surface area contributed by atoms with E-state index < -0.39 is 82.8 Å². The van der Waals surface area contributed by atoms with Crippen LogP contribution in [0.3, 0.4) is 0 Å². The third-order valence-corrected chi connectivity index (χ3v) is 7.39. The van der Waals surface area contributed by atoms with Crippen LogP contribution in [0.4, 0.5) is 72.8 Å². The smallest absolute Gasteiger partial charge is 0.434 e. The van der Waals surface area contributed by atoms with Crippen molar-refractivity contribution >= 4 is 23.0 Å². The molecule has 298 valence electrons. The van der Waals surface area contributed by atoms with Gasteiger partial charge in [-0.3, -0.25) is 4.99 Å². The van der Waals surface area contributed by atoms with Gasteiger partial charge in [-0.25, -0.2) is 0 Å². The molecule has 0 unspecified atom stereocenters. The second kappa shape index (κ2) is 17.3. The van der Waals surface area contributed by atoms with Crippen molar-refractivity contribution in [3.05, 3.63) is 77.1 Å². The number of amidine groups is 2. The number of aliphatic imine (C=N–C) groups is 2. The number of halogens is 14. The van der Waals surface area contributed by atoms with E-state index in [0.717, 1.165) is 0 Å². The summed E-state index contributed by atoms with van der Waals surface area (Å²) in [7, 11) is 0. The summed E-state index contributed by atoms with van der Waals surface area (Å²) in [5, 5.41) is 3.19. The Hall–Kier alpha value is -3.14. The molecule has 0 saturated carbocycles. The molecule has 2 aromatic rings. The molecule has 0 aliphatic carbocycles. The number of hydrogen-bond donors (Lipinski definition) is 0. The fourth-order valence-corrected chi connectivity index (χ4v) is 4.56. The Kier molecular flexibility index (Phi) is 16.3. The Bertz CT molecular complexity index is 1500. The Morgan fingerprint density at radius 2 is 0.846 bits per heavy atom. The van der Waals surface area contributed by atoms with E-state index >= 15 is 17.6 Å². The molecule has 0 atom stereocenters. The van der Waals surface area contributed by atoms with Gasteiger partial charge in [0.25, 0.3) is 0 Å². The van der Waals surface area contributed by atoms with E-state index in [2.05, 4.69) is 28.5 Å². The second-order valence-corrected chi connectivity index (χ2v) is 12.5. The van der Waals surface area contributed by atoms with Crippen molar-refractivity contribution in [2.75, 3.05) is 0 Å². The zero-order valence-electron chi connectivity index (χ0n) is 29.1. The van der Waals surface area contributed by atoms with Crippen LogP contribution in [0.2, 0.25) is 0 Å². The molecule has 52 heavy (non-hydrogen) atoms. The van der Waals surface area contributed by atoms with E-state index in [0.29, 0.717) is 0 Å². The van der Waals surface area contributed by atoms with Crippen LogP contribution in [0.1, 0.15) is 101 Å². The van der Waals surface area contributed by atoms with Crippen LogP contribution in [0.25, 0.3) is 5.32 Å². The molecular formula is C34H38CuF14N3. The fraction of sp³-hybridized carbons (Fsp3) is 0.529. The molecular weight excluding hydrogens is 780 g/mol. The molecule has 0 saturated heterocycles. The number of nitrogens with zero attached hydrogens (tertiary/aromatic N) is 3. The third kappa shape index (κ3) is 9.69. The van der Waals surface area contributed by atoms with E-state index in [-0.39, 0.29) is 39.3 Å². The topological polar surface area (TPSA) is 38.8 Å². The largest absolute Gasteiger partial charge is 1.00 e. The van der Waals surface area contributed by atoms with Gasteiger partial charge in [0.15, 0.2) is 0 Å². The quantitative estimate of drug-likeness (QED) is 0.0753. The number of benzene rings is 2. The first kappa shape index (κ1) is 48.9. The Morgan fingerprint density at radius 1 is 0.538 bits per heavy atom. The molecule has 18 heteroatoms. The van der Waals surface area contributed by atoms with Crippen molar-refractivity contribution in [3.8, 4) is 0 Å². The predicted octanol–water partition coefficient (Wildman–Crippen LogP) is 13.8. The van der Waals surface area contributed by atoms with Gasteiger partial charge >= 0.3 is 53.1 Å². The predicted molar refractivity (Wildman–Crippen MR) is 170 cm³/mol. The van der Waals surface area contributed by atoms with Gasteiger partial charge in [0.1, 0.15) is 5.84 Å². The van der Waals surface area contributed by atoms with Crippen molar-refractivity contribution in [1.82, 2.24) is 0 Å². The van der Waals surface area contributed by atoms with Gasteiger partial charge in [-0.05, 0) is 57.4 Å². The summed E-state index contributed by atoms with van der Waals surface area (Å²) in [5.74, 6) is -37.0. The Balaban J connectivity index is 0.00000851. The van der Waals surface area contributed by atoms with Gasteiger partial charge < -0.3 is 10.3 Å². The number of alkyl halides is 14. The summed E-state index contributed by atoms with van der Waals surface area (Å²) in [4.78, 5) is 5.60. The molecule has 0 radical (unpaired) electrons. The van der Waals surface area contributed by atoms with E-state index in [4.69, 9.17) is 0 Å². The van der Waals surface area contributed by atoms with Crippen LogP contribution in [0, 0.1) is 0 Å². The molecule has 0 bridgehead atoms. The Morgan fingerprint density at radius 3 is 1.15 bits per heavy atom. The number of para-hydroxylation sites is 2. The molecule has 0 spiro atoms. The standard InChI is InChI=1S/C32H34F14N3.C2H4.Cu/c1-15(2)19-11-9-12-20(16(3)4)23(19)47-25(27(33,34)29(37,38)31(41,42)43)49-26(28(35,36)30(39,40)32(44,45)46)48-24-21(17(5)6)13-10-14-22(24)18(7)8;1-2;/h9-18H,1-8H3;1-2H2;/q-1;;+1. The summed E-state index contributed by atoms with van der Waals surface area (Å²) in [6.07, 6.45) is -14.2. The van der Waals surface area contributed by atoms with E-state index in [1.54, 1.807) is 0 Å². The minimum atomic E-state index is -7.15. The summed E-state index contributed by atoms with van der Waals surface area (Å²) in [6, 6.07) is 7.41. The molecule has 0 aliphatic heterocycles. The SMILES string of the molecule is C=C.CC(C)c1cccc(C(C)C)c1N=C(N=C([N-]c1c(C(C)C)cccc1C(C)C)C(F)(F)C(F)(F)C(F)(F)F)C(F)(F)C(F)(F)C(F)(F)F.[Cu+]. The van der Waals surface area contributed by atoms with Crippen LogP contribution >= 0.6 is 0 Å². The summed E-state index contributed by atoms with van der Waals surface area (Å²) in [5.41, 5.74) is -1.96. The van der Waals surface area contributed by atoms with Gasteiger partial charge in [0.2, 0.25) is 0 Å². The molecule has 0 fully saturated rings. The average molecular weight is 818 g/mol. The first-order valence-corrected chi connectivity index (χ1v) is 15.2. The average Bonchev–Trinajstić information content (AvgIpc) is 2.99. The minimum absolute atomic E-state index is 0. The maximum atomic E-state index is 15.5. The van der Waals surface area contributed by atoms with Crippen LogP contribution in [0.15, 0.2) is 59.5 Å². The maximum absolute atomic E-state index is 15.5. The maximum Gasteiger partial charge on any atom is 1.00 e. The summed E-state index contributed by atoms with van der Waals surface area (Å²) < 4.78 is 201. The molecule has 2 rings (SSSR count). The van der Waals surface area contributed by atoms with Crippen molar-refractivity contribution in [1.29, 1.82) is 0 Å². The summed E-state index contributed by atoms with van der Waals surface area (Å²) in [6.45, 7) is 17.3. The monoisotopic (exact) mass is 817 g/mol. The zero-order valence-corrected chi connectivity index (χ0v) is 30.1. The van der Waals surface area contributed by atoms with Crippen LogP contribution < -0.4 is 0 Å². The van der Waals surface area contributed by atoms with E-state index in [1.165, 1.54) is 91.8 Å². The molecule has 0 amide bonds. The minimum Gasteiger partial charge on any atom is -0.434 e. The van der Waals surface area contributed by atoms with Gasteiger partial charge in [-0.1, -0.05) is 91.8 Å². The van der Waals surface area contributed by atoms with Crippen LogP contribution in [-0.2, 0) is 17.1 Å². The van der Waals surface area contributed by atoms with Crippen molar-refractivity contribution in [2.45, 2.75) is 115 Å². The van der Waals surface area contributed by atoms with Crippen molar-refractivity contribution in [3.63, 3.8) is 0 Å².